The second-order valence-electron chi connectivity index (χ2n) is 5.23. The van der Waals surface area contributed by atoms with Crippen LogP contribution < -0.4 is 10.6 Å². The number of aromatic nitrogens is 1. The van der Waals surface area contributed by atoms with E-state index in [4.69, 9.17) is 4.74 Å². The van der Waals surface area contributed by atoms with Gasteiger partial charge in [0.05, 0.1) is 18.0 Å². The average molecular weight is 277 g/mol. The molecular formula is C15H23N3O2. The molecule has 1 fully saturated rings. The first-order valence-corrected chi connectivity index (χ1v) is 7.31. The molecule has 0 bridgehead atoms. The van der Waals surface area contributed by atoms with Crippen LogP contribution in [0.2, 0.25) is 0 Å². The topological polar surface area (TPSA) is 63.2 Å². The molecule has 2 rings (SSSR count). The smallest absolute Gasteiger partial charge is 0.269 e. The maximum Gasteiger partial charge on any atom is 0.269 e. The first kappa shape index (κ1) is 14.8. The van der Waals surface area contributed by atoms with Crippen molar-refractivity contribution in [3.8, 4) is 0 Å². The van der Waals surface area contributed by atoms with E-state index in [9.17, 15) is 4.79 Å². The molecule has 0 spiro atoms. The highest BCUT2D eigenvalue weighted by Gasteiger charge is 2.17. The van der Waals surface area contributed by atoms with E-state index in [0.29, 0.717) is 18.3 Å². The fraction of sp³-hybridized carbons (Fsp3) is 0.600. The molecule has 1 amide bonds. The number of hydrogen-bond donors (Lipinski definition) is 2. The van der Waals surface area contributed by atoms with Gasteiger partial charge in [-0.05, 0) is 38.3 Å². The Hall–Kier alpha value is -1.62. The first-order chi connectivity index (χ1) is 9.69. The van der Waals surface area contributed by atoms with Crippen LogP contribution in [0.15, 0.2) is 18.3 Å². The van der Waals surface area contributed by atoms with E-state index in [0.717, 1.165) is 31.6 Å². The Kier molecular flexibility index (Phi) is 5.35. The van der Waals surface area contributed by atoms with Gasteiger partial charge in [-0.2, -0.15) is 0 Å². The molecule has 0 radical (unpaired) electrons. The number of carbonyl (C=O) groups excluding carboxylic acids is 1. The highest BCUT2D eigenvalue weighted by atomic mass is 16.5. The van der Waals surface area contributed by atoms with Crippen LogP contribution >= 0.6 is 0 Å². The molecule has 110 valence electrons. The molecule has 5 heteroatoms. The van der Waals surface area contributed by atoms with Gasteiger partial charge in [-0.1, -0.05) is 6.92 Å². The van der Waals surface area contributed by atoms with E-state index in [-0.39, 0.29) is 12.0 Å². The van der Waals surface area contributed by atoms with Crippen molar-refractivity contribution in [3.63, 3.8) is 0 Å². The van der Waals surface area contributed by atoms with Crippen molar-refractivity contribution in [1.82, 2.24) is 10.3 Å². The number of hydrogen-bond acceptors (Lipinski definition) is 4. The molecule has 1 aliphatic rings. The van der Waals surface area contributed by atoms with Gasteiger partial charge in [0.2, 0.25) is 0 Å². The Labute approximate surface area is 120 Å². The molecule has 0 saturated carbocycles. The van der Waals surface area contributed by atoms with Crippen molar-refractivity contribution in [2.24, 2.45) is 0 Å². The van der Waals surface area contributed by atoms with Crippen LogP contribution in [0.5, 0.6) is 0 Å². The van der Waals surface area contributed by atoms with Crippen molar-refractivity contribution >= 4 is 11.6 Å². The third-order valence-corrected chi connectivity index (χ3v) is 3.54. The van der Waals surface area contributed by atoms with Crippen molar-refractivity contribution in [2.75, 3.05) is 18.5 Å². The predicted molar refractivity (Wildman–Crippen MR) is 78.9 cm³/mol. The Balaban J connectivity index is 1.83. The van der Waals surface area contributed by atoms with Gasteiger partial charge in [-0.15, -0.1) is 0 Å². The SMILES string of the molecule is CCC(C)Nc1ccc(C(=O)NCC2CCCO2)nc1. The van der Waals surface area contributed by atoms with E-state index in [1.54, 1.807) is 12.3 Å². The molecule has 1 aliphatic heterocycles. The molecule has 5 nitrogen and oxygen atoms in total. The second-order valence-corrected chi connectivity index (χ2v) is 5.23. The Morgan fingerprint density at radius 3 is 3.00 bits per heavy atom. The monoisotopic (exact) mass is 277 g/mol. The highest BCUT2D eigenvalue weighted by Crippen LogP contribution is 2.11. The predicted octanol–water partition coefficient (Wildman–Crippen LogP) is 2.20. The lowest BCUT2D eigenvalue weighted by Gasteiger charge is -2.13. The van der Waals surface area contributed by atoms with E-state index in [1.165, 1.54) is 0 Å². The van der Waals surface area contributed by atoms with Gasteiger partial charge in [-0.25, -0.2) is 4.98 Å². The number of pyridine rings is 1. The summed E-state index contributed by atoms with van der Waals surface area (Å²) in [7, 11) is 0. The minimum absolute atomic E-state index is 0.143. The zero-order valence-electron chi connectivity index (χ0n) is 12.2. The van der Waals surface area contributed by atoms with Crippen LogP contribution in [0.3, 0.4) is 0 Å². The zero-order valence-corrected chi connectivity index (χ0v) is 12.2. The minimum Gasteiger partial charge on any atom is -0.381 e. The van der Waals surface area contributed by atoms with E-state index >= 15 is 0 Å². The van der Waals surface area contributed by atoms with Gasteiger partial charge in [-0.3, -0.25) is 4.79 Å². The van der Waals surface area contributed by atoms with Gasteiger partial charge in [0.1, 0.15) is 5.69 Å². The molecule has 1 saturated heterocycles. The van der Waals surface area contributed by atoms with Gasteiger partial charge < -0.3 is 15.4 Å². The molecule has 2 atom stereocenters. The van der Waals surface area contributed by atoms with Gasteiger partial charge in [0, 0.05) is 19.2 Å². The number of ether oxygens (including phenoxy) is 1. The maximum absolute atomic E-state index is 11.9. The van der Waals surface area contributed by atoms with Crippen LogP contribution in [-0.2, 0) is 4.74 Å². The number of nitrogens with one attached hydrogen (secondary N) is 2. The summed E-state index contributed by atoms with van der Waals surface area (Å²) < 4.78 is 5.47. The summed E-state index contributed by atoms with van der Waals surface area (Å²) in [6.45, 7) is 5.60. The average Bonchev–Trinajstić information content (AvgIpc) is 2.98. The summed E-state index contributed by atoms with van der Waals surface area (Å²) >= 11 is 0. The van der Waals surface area contributed by atoms with Crippen LogP contribution in [-0.4, -0.2) is 36.2 Å². The summed E-state index contributed by atoms with van der Waals surface area (Å²) in [5.74, 6) is -0.143. The number of nitrogens with zero attached hydrogens (tertiary/aromatic N) is 1. The van der Waals surface area contributed by atoms with Crippen molar-refractivity contribution in [3.05, 3.63) is 24.0 Å². The Bertz CT molecular complexity index is 427. The largest absolute Gasteiger partial charge is 0.381 e. The van der Waals surface area contributed by atoms with E-state index in [2.05, 4.69) is 29.5 Å². The quantitative estimate of drug-likeness (QED) is 0.836. The summed E-state index contributed by atoms with van der Waals surface area (Å²) in [5, 5.41) is 6.19. The standard InChI is InChI=1S/C15H23N3O2/c1-3-11(2)18-12-6-7-14(16-9-12)15(19)17-10-13-5-4-8-20-13/h6-7,9,11,13,18H,3-5,8,10H2,1-2H3,(H,17,19). The van der Waals surface area contributed by atoms with Crippen LogP contribution in [0.1, 0.15) is 43.6 Å². The minimum atomic E-state index is -0.143. The lowest BCUT2D eigenvalue weighted by atomic mass is 10.2. The fourth-order valence-electron chi connectivity index (χ4n) is 2.10. The summed E-state index contributed by atoms with van der Waals surface area (Å²) in [4.78, 5) is 16.1. The van der Waals surface area contributed by atoms with E-state index < -0.39 is 0 Å². The molecular weight excluding hydrogens is 254 g/mol. The number of amides is 1. The first-order valence-electron chi connectivity index (χ1n) is 7.31. The van der Waals surface area contributed by atoms with Gasteiger partial charge >= 0.3 is 0 Å². The lowest BCUT2D eigenvalue weighted by Crippen LogP contribution is -2.32. The molecule has 0 aromatic carbocycles. The fourth-order valence-corrected chi connectivity index (χ4v) is 2.10. The molecule has 1 aromatic rings. The number of anilines is 1. The lowest BCUT2D eigenvalue weighted by molar-refractivity contribution is 0.0854. The van der Waals surface area contributed by atoms with Crippen LogP contribution in [0, 0.1) is 0 Å². The van der Waals surface area contributed by atoms with Crippen LogP contribution in [0.4, 0.5) is 5.69 Å². The van der Waals surface area contributed by atoms with Crippen molar-refractivity contribution < 1.29 is 9.53 Å². The molecule has 2 heterocycles. The Morgan fingerprint density at radius 2 is 2.40 bits per heavy atom. The molecule has 1 aromatic heterocycles. The summed E-state index contributed by atoms with van der Waals surface area (Å²) in [6.07, 6.45) is 5.00. The molecule has 0 aliphatic carbocycles. The van der Waals surface area contributed by atoms with Crippen LogP contribution in [0.25, 0.3) is 0 Å². The van der Waals surface area contributed by atoms with Crippen molar-refractivity contribution in [1.29, 1.82) is 0 Å². The highest BCUT2D eigenvalue weighted by molar-refractivity contribution is 5.92. The van der Waals surface area contributed by atoms with Gasteiger partial charge in [0.25, 0.3) is 5.91 Å². The number of carbonyl (C=O) groups is 1. The van der Waals surface area contributed by atoms with Crippen molar-refractivity contribution in [2.45, 2.75) is 45.3 Å². The third kappa shape index (κ3) is 4.20. The zero-order chi connectivity index (χ0) is 14.4. The second kappa shape index (κ2) is 7.24. The molecule has 2 unspecified atom stereocenters. The molecule has 20 heavy (non-hydrogen) atoms. The normalized spacial score (nSPS) is 19.6. The summed E-state index contributed by atoms with van der Waals surface area (Å²) in [5.41, 5.74) is 1.38. The summed E-state index contributed by atoms with van der Waals surface area (Å²) in [6, 6.07) is 4.03. The maximum atomic E-state index is 11.9. The van der Waals surface area contributed by atoms with Gasteiger partial charge in [0.15, 0.2) is 0 Å². The third-order valence-electron chi connectivity index (χ3n) is 3.54. The molecule has 2 N–H and O–H groups in total. The number of rotatable bonds is 6. The Morgan fingerprint density at radius 1 is 1.55 bits per heavy atom. The van der Waals surface area contributed by atoms with E-state index in [1.807, 2.05) is 6.07 Å².